The monoisotopic (exact) mass is 260 g/mol. The second-order valence-electron chi connectivity index (χ2n) is 4.98. The fourth-order valence-corrected chi connectivity index (χ4v) is 2.75. The number of rotatable bonds is 2. The maximum Gasteiger partial charge on any atom is 0.201 e. The summed E-state index contributed by atoms with van der Waals surface area (Å²) < 4.78 is 27.5. The molecule has 1 N–H and O–H groups in total. The average molecular weight is 260 g/mol. The van der Waals surface area contributed by atoms with Crippen LogP contribution in [-0.4, -0.2) is 5.11 Å². The number of hydrogen-bond donors (Lipinski definition) is 1. The van der Waals surface area contributed by atoms with Crippen LogP contribution < -0.4 is 0 Å². The lowest BCUT2D eigenvalue weighted by Gasteiger charge is -2.07. The summed E-state index contributed by atoms with van der Waals surface area (Å²) in [5.41, 5.74) is 3.83. The minimum atomic E-state index is -1.16. The Balaban J connectivity index is 2.20. The Labute approximate surface area is 110 Å². The van der Waals surface area contributed by atoms with Crippen LogP contribution in [0.3, 0.4) is 0 Å². The molecule has 0 atom stereocenters. The van der Waals surface area contributed by atoms with Gasteiger partial charge in [0.15, 0.2) is 11.6 Å². The van der Waals surface area contributed by atoms with Crippen LogP contribution in [0, 0.1) is 11.6 Å². The van der Waals surface area contributed by atoms with Gasteiger partial charge in [0.1, 0.15) is 0 Å². The molecule has 0 saturated heterocycles. The van der Waals surface area contributed by atoms with Crippen LogP contribution in [0.5, 0.6) is 5.75 Å². The first-order chi connectivity index (χ1) is 9.11. The molecule has 0 aromatic heterocycles. The highest BCUT2D eigenvalue weighted by molar-refractivity contribution is 5.78. The van der Waals surface area contributed by atoms with Crippen LogP contribution >= 0.6 is 0 Å². The van der Waals surface area contributed by atoms with E-state index < -0.39 is 17.4 Å². The molecule has 1 aliphatic rings. The van der Waals surface area contributed by atoms with Crippen molar-refractivity contribution in [3.05, 3.63) is 52.6 Å². The maximum atomic E-state index is 14.0. The third-order valence-corrected chi connectivity index (χ3v) is 3.63. The van der Waals surface area contributed by atoms with E-state index in [-0.39, 0.29) is 0 Å². The molecule has 0 fully saturated rings. The Morgan fingerprint density at radius 2 is 1.89 bits per heavy atom. The van der Waals surface area contributed by atoms with Crippen LogP contribution in [-0.2, 0) is 12.8 Å². The van der Waals surface area contributed by atoms with Crippen LogP contribution in [0.15, 0.2) is 24.3 Å². The van der Waals surface area contributed by atoms with Gasteiger partial charge in [-0.3, -0.25) is 0 Å². The van der Waals surface area contributed by atoms with Crippen molar-refractivity contribution < 1.29 is 13.9 Å². The molecule has 3 heteroatoms. The number of benzene rings is 2. The van der Waals surface area contributed by atoms with Crippen LogP contribution in [0.25, 0.3) is 11.1 Å². The van der Waals surface area contributed by atoms with Gasteiger partial charge in [0.05, 0.1) is 0 Å². The van der Waals surface area contributed by atoms with Gasteiger partial charge in [-0.25, -0.2) is 4.39 Å². The van der Waals surface area contributed by atoms with Crippen molar-refractivity contribution in [1.82, 2.24) is 0 Å². The van der Waals surface area contributed by atoms with E-state index in [1.54, 1.807) is 0 Å². The maximum absolute atomic E-state index is 14.0. The zero-order valence-electron chi connectivity index (χ0n) is 10.6. The van der Waals surface area contributed by atoms with Crippen molar-refractivity contribution in [3.63, 3.8) is 0 Å². The topological polar surface area (TPSA) is 20.2 Å². The van der Waals surface area contributed by atoms with Crippen molar-refractivity contribution in [2.24, 2.45) is 0 Å². The van der Waals surface area contributed by atoms with Crippen molar-refractivity contribution in [2.45, 2.75) is 26.2 Å². The Hall–Kier alpha value is -1.90. The van der Waals surface area contributed by atoms with E-state index in [0.717, 1.165) is 29.5 Å². The normalized spacial score (nSPS) is 12.4. The van der Waals surface area contributed by atoms with Crippen molar-refractivity contribution in [2.75, 3.05) is 0 Å². The first kappa shape index (κ1) is 12.2. The van der Waals surface area contributed by atoms with Gasteiger partial charge in [0.25, 0.3) is 0 Å². The minimum Gasteiger partial charge on any atom is -0.505 e. The van der Waals surface area contributed by atoms with Crippen molar-refractivity contribution in [3.8, 4) is 16.9 Å². The van der Waals surface area contributed by atoms with Crippen LogP contribution in [0.1, 0.15) is 30.0 Å². The number of aryl methyl sites for hydroxylation is 1. The molecule has 0 heterocycles. The Bertz CT molecular complexity index is 662. The third-order valence-electron chi connectivity index (χ3n) is 3.63. The van der Waals surface area contributed by atoms with E-state index in [9.17, 15) is 13.9 Å². The smallest absolute Gasteiger partial charge is 0.201 e. The van der Waals surface area contributed by atoms with Gasteiger partial charge in [0, 0.05) is 5.56 Å². The lowest BCUT2D eigenvalue weighted by molar-refractivity contribution is 0.407. The van der Waals surface area contributed by atoms with Gasteiger partial charge in [0.2, 0.25) is 5.82 Å². The van der Waals surface area contributed by atoms with Gasteiger partial charge < -0.3 is 5.11 Å². The molecule has 2 aromatic carbocycles. The zero-order valence-corrected chi connectivity index (χ0v) is 10.6. The molecule has 0 amide bonds. The van der Waals surface area contributed by atoms with Gasteiger partial charge in [-0.05, 0) is 41.2 Å². The molecule has 1 nitrogen and oxygen atoms in total. The number of phenols is 1. The highest BCUT2D eigenvalue weighted by Gasteiger charge is 2.26. The fraction of sp³-hybridized carbons (Fsp3) is 0.250. The van der Waals surface area contributed by atoms with E-state index >= 15 is 0 Å². The van der Waals surface area contributed by atoms with Crippen molar-refractivity contribution in [1.29, 1.82) is 0 Å². The highest BCUT2D eigenvalue weighted by Crippen LogP contribution is 2.42. The standard InChI is InChI=1S/C16H14F2O/c1-2-3-9-4-5-10-7-11-8-13(19)15(17)16(18)14(11)12(10)6-9/h4-6,8,19H,2-3,7H2,1H3. The summed E-state index contributed by atoms with van der Waals surface area (Å²) in [6, 6.07) is 7.26. The quantitative estimate of drug-likeness (QED) is 0.732. The summed E-state index contributed by atoms with van der Waals surface area (Å²) in [5, 5.41) is 9.37. The van der Waals surface area contributed by atoms with Gasteiger partial charge in [-0.15, -0.1) is 0 Å². The number of aromatic hydroxyl groups is 1. The van der Waals surface area contributed by atoms with Gasteiger partial charge >= 0.3 is 0 Å². The lowest BCUT2D eigenvalue weighted by atomic mass is 10.0. The van der Waals surface area contributed by atoms with E-state index in [4.69, 9.17) is 0 Å². The molecule has 0 radical (unpaired) electrons. The molecule has 19 heavy (non-hydrogen) atoms. The fourth-order valence-electron chi connectivity index (χ4n) is 2.75. The molecule has 0 saturated carbocycles. The number of phenolic OH excluding ortho intramolecular Hbond substituents is 1. The summed E-state index contributed by atoms with van der Waals surface area (Å²) in [6.45, 7) is 2.08. The van der Waals surface area contributed by atoms with Crippen LogP contribution in [0.2, 0.25) is 0 Å². The van der Waals surface area contributed by atoms with E-state index in [1.165, 1.54) is 6.07 Å². The summed E-state index contributed by atoms with van der Waals surface area (Å²) in [4.78, 5) is 0. The Morgan fingerprint density at radius 1 is 1.11 bits per heavy atom. The first-order valence-corrected chi connectivity index (χ1v) is 6.43. The van der Waals surface area contributed by atoms with Gasteiger partial charge in [-0.2, -0.15) is 4.39 Å². The molecule has 0 unspecified atom stereocenters. The zero-order chi connectivity index (χ0) is 13.6. The summed E-state index contributed by atoms with van der Waals surface area (Å²) in [6.07, 6.45) is 2.48. The molecule has 1 aliphatic carbocycles. The van der Waals surface area contributed by atoms with Crippen molar-refractivity contribution >= 4 is 0 Å². The summed E-state index contributed by atoms with van der Waals surface area (Å²) in [5.74, 6) is -2.72. The van der Waals surface area contributed by atoms with Gasteiger partial charge in [-0.1, -0.05) is 31.5 Å². The molecular formula is C16H14F2O. The minimum absolute atomic E-state index is 0.309. The molecular weight excluding hydrogens is 246 g/mol. The number of hydrogen-bond acceptors (Lipinski definition) is 1. The highest BCUT2D eigenvalue weighted by atomic mass is 19.2. The molecule has 0 aliphatic heterocycles. The van der Waals surface area contributed by atoms with Crippen LogP contribution in [0.4, 0.5) is 8.78 Å². The SMILES string of the molecule is CCCc1ccc2c(c1)-c1c(cc(O)c(F)c1F)C2. The molecule has 0 spiro atoms. The summed E-state index contributed by atoms with van der Waals surface area (Å²) in [7, 11) is 0. The largest absolute Gasteiger partial charge is 0.505 e. The average Bonchev–Trinajstić information content (AvgIpc) is 2.74. The number of halogens is 2. The number of fused-ring (bicyclic) bond motifs is 3. The first-order valence-electron chi connectivity index (χ1n) is 6.43. The Morgan fingerprint density at radius 3 is 2.63 bits per heavy atom. The molecule has 98 valence electrons. The molecule has 2 aromatic rings. The van der Waals surface area contributed by atoms with E-state index in [0.29, 0.717) is 17.5 Å². The predicted octanol–water partition coefficient (Wildman–Crippen LogP) is 4.19. The van der Waals surface area contributed by atoms with E-state index in [1.807, 2.05) is 18.2 Å². The predicted molar refractivity (Wildman–Crippen MR) is 70.3 cm³/mol. The molecule has 3 rings (SSSR count). The third kappa shape index (κ3) is 1.81. The van der Waals surface area contributed by atoms with E-state index in [2.05, 4.69) is 6.92 Å². The summed E-state index contributed by atoms with van der Waals surface area (Å²) >= 11 is 0. The lowest BCUT2D eigenvalue weighted by Crippen LogP contribution is -1.92. The second-order valence-corrected chi connectivity index (χ2v) is 4.98. The molecule has 0 bridgehead atoms. The second kappa shape index (κ2) is 4.34. The Kier molecular flexibility index (Phi) is 2.77.